The average molecular weight is 324 g/mol. The van der Waals surface area contributed by atoms with Gasteiger partial charge in [-0.2, -0.15) is 0 Å². The van der Waals surface area contributed by atoms with E-state index in [0.717, 1.165) is 22.3 Å². The fourth-order valence-corrected chi connectivity index (χ4v) is 2.50. The van der Waals surface area contributed by atoms with Crippen molar-refractivity contribution in [2.75, 3.05) is 7.11 Å². The lowest BCUT2D eigenvalue weighted by Gasteiger charge is -2.10. The molecule has 0 spiro atoms. The van der Waals surface area contributed by atoms with Crippen molar-refractivity contribution in [3.05, 3.63) is 77.8 Å². The summed E-state index contributed by atoms with van der Waals surface area (Å²) in [6.45, 7) is 5.51. The number of ether oxygens (including phenoxy) is 1. The maximum atomic E-state index is 6.09. The third-order valence-corrected chi connectivity index (χ3v) is 3.61. The van der Waals surface area contributed by atoms with E-state index in [-0.39, 0.29) is 5.82 Å². The highest BCUT2D eigenvalue weighted by molar-refractivity contribution is 6.30. The maximum absolute atomic E-state index is 6.09. The number of benzene rings is 1. The Morgan fingerprint density at radius 2 is 1.78 bits per heavy atom. The van der Waals surface area contributed by atoms with E-state index in [0.29, 0.717) is 17.3 Å². The van der Waals surface area contributed by atoms with Crippen LogP contribution in [0.1, 0.15) is 17.0 Å². The molecule has 1 aromatic carbocycles. The molecule has 0 bridgehead atoms. The largest absolute Gasteiger partial charge is 0.481 e. The van der Waals surface area contributed by atoms with Gasteiger partial charge in [0.05, 0.1) is 7.11 Å². The summed E-state index contributed by atoms with van der Waals surface area (Å²) in [5, 5.41) is 0.668. The van der Waals surface area contributed by atoms with Crippen molar-refractivity contribution in [3.8, 4) is 17.0 Å². The van der Waals surface area contributed by atoms with E-state index in [1.54, 1.807) is 25.7 Å². The molecule has 23 heavy (non-hydrogen) atoms. The number of rotatable bonds is 4. The van der Waals surface area contributed by atoms with Crippen LogP contribution in [-0.2, 0) is 6.42 Å². The molecule has 3 aromatic rings. The van der Waals surface area contributed by atoms with Gasteiger partial charge in [-0.15, -0.1) is 0 Å². The van der Waals surface area contributed by atoms with Crippen LogP contribution < -0.4 is 4.74 Å². The summed E-state index contributed by atoms with van der Waals surface area (Å²) in [6, 6.07) is 9.63. The van der Waals surface area contributed by atoms with E-state index in [1.165, 1.54) is 0 Å². The molecule has 0 unspecified atom stereocenters. The number of nitrogens with zero attached hydrogens (tertiary/aromatic N) is 3. The van der Waals surface area contributed by atoms with Gasteiger partial charge in [-0.25, -0.2) is 15.0 Å². The Hall–Kier alpha value is -2.46. The van der Waals surface area contributed by atoms with Crippen LogP contribution in [-0.4, -0.2) is 22.1 Å². The topological polar surface area (TPSA) is 47.9 Å². The summed E-state index contributed by atoms with van der Waals surface area (Å²) in [5.41, 5.74) is 3.83. The number of hydrogen-bond donors (Lipinski definition) is 0. The molecule has 5 heteroatoms. The Labute approximate surface area is 140 Å². The second-order valence-corrected chi connectivity index (χ2v) is 5.47. The van der Waals surface area contributed by atoms with Gasteiger partial charge >= 0.3 is 0 Å². The van der Waals surface area contributed by atoms with Gasteiger partial charge in [0.1, 0.15) is 5.82 Å². The van der Waals surface area contributed by atoms with E-state index in [4.69, 9.17) is 23.3 Å². The molecular weight excluding hydrogens is 310 g/mol. The molecule has 114 valence electrons. The summed E-state index contributed by atoms with van der Waals surface area (Å²) in [4.78, 5) is 12.4. The van der Waals surface area contributed by atoms with Crippen molar-refractivity contribution in [3.63, 3.8) is 0 Å². The van der Waals surface area contributed by atoms with E-state index in [1.807, 2.05) is 30.3 Å². The van der Waals surface area contributed by atoms with Crippen molar-refractivity contribution >= 4 is 11.6 Å². The van der Waals surface area contributed by atoms with E-state index in [2.05, 4.69) is 15.0 Å². The number of aromatic nitrogens is 3. The third kappa shape index (κ3) is 3.66. The second-order valence-electron chi connectivity index (χ2n) is 5.04. The maximum Gasteiger partial charge on any atom is 0.221 e. The zero-order valence-electron chi connectivity index (χ0n) is 12.5. The van der Waals surface area contributed by atoms with Gasteiger partial charge in [0, 0.05) is 42.5 Å². The Balaban J connectivity index is 1.97. The van der Waals surface area contributed by atoms with Crippen molar-refractivity contribution in [2.24, 2.45) is 0 Å². The first-order valence-corrected chi connectivity index (χ1v) is 7.39. The van der Waals surface area contributed by atoms with Crippen molar-refractivity contribution < 1.29 is 4.74 Å². The van der Waals surface area contributed by atoms with E-state index < -0.39 is 0 Å². The van der Waals surface area contributed by atoms with Crippen LogP contribution in [0.15, 0.2) is 48.9 Å². The summed E-state index contributed by atoms with van der Waals surface area (Å²) in [7, 11) is 1.60. The predicted octanol–water partition coefficient (Wildman–Crippen LogP) is 3.85. The van der Waals surface area contributed by atoms with Crippen LogP contribution in [0.5, 0.6) is 5.88 Å². The van der Waals surface area contributed by atoms with Gasteiger partial charge in [0.2, 0.25) is 5.88 Å². The molecule has 3 rings (SSSR count). The van der Waals surface area contributed by atoms with Gasteiger partial charge in [0.25, 0.3) is 0 Å². The highest BCUT2D eigenvalue weighted by Gasteiger charge is 2.10. The van der Waals surface area contributed by atoms with Crippen LogP contribution in [0.4, 0.5) is 0 Å². The number of halogens is 1. The van der Waals surface area contributed by atoms with Crippen molar-refractivity contribution in [1.82, 2.24) is 15.0 Å². The molecule has 2 radical (unpaired) electrons. The Bertz CT molecular complexity index is 819. The number of hydrogen-bond acceptors (Lipinski definition) is 4. The van der Waals surface area contributed by atoms with Crippen LogP contribution in [0.2, 0.25) is 5.02 Å². The molecule has 0 atom stereocenters. The fraction of sp³-hybridized carbons (Fsp3) is 0.111. The van der Waals surface area contributed by atoms with Gasteiger partial charge < -0.3 is 4.74 Å². The Kier molecular flexibility index (Phi) is 4.53. The first-order valence-electron chi connectivity index (χ1n) is 7.01. The molecule has 0 aliphatic heterocycles. The summed E-state index contributed by atoms with van der Waals surface area (Å²) < 4.78 is 5.37. The van der Waals surface area contributed by atoms with Crippen molar-refractivity contribution in [2.45, 2.75) is 6.42 Å². The van der Waals surface area contributed by atoms with Crippen LogP contribution in [0, 0.1) is 6.92 Å². The van der Waals surface area contributed by atoms with E-state index in [9.17, 15) is 0 Å². The van der Waals surface area contributed by atoms with Gasteiger partial charge in [-0.05, 0) is 34.9 Å². The molecular formula is C18H14ClN3O. The molecule has 2 heterocycles. The SMILES string of the molecule is [CH]c1ncc(Cc2cnc(OC)c(-c3cccc(Cl)c3)c2)cn1. The Morgan fingerprint density at radius 1 is 1.04 bits per heavy atom. The minimum absolute atomic E-state index is 0.265. The fourth-order valence-electron chi connectivity index (χ4n) is 2.31. The lowest BCUT2D eigenvalue weighted by atomic mass is 10.0. The van der Waals surface area contributed by atoms with Gasteiger partial charge in [0.15, 0.2) is 0 Å². The molecule has 0 N–H and O–H groups in total. The average Bonchev–Trinajstić information content (AvgIpc) is 2.57. The first kappa shape index (κ1) is 15.4. The summed E-state index contributed by atoms with van der Waals surface area (Å²) >= 11 is 6.09. The molecule has 0 amide bonds. The van der Waals surface area contributed by atoms with Gasteiger partial charge in [-0.3, -0.25) is 0 Å². The quantitative estimate of drug-likeness (QED) is 0.731. The van der Waals surface area contributed by atoms with E-state index >= 15 is 0 Å². The minimum atomic E-state index is 0.265. The number of methoxy groups -OCH3 is 1. The lowest BCUT2D eigenvalue weighted by molar-refractivity contribution is 0.399. The predicted molar refractivity (Wildman–Crippen MR) is 89.5 cm³/mol. The minimum Gasteiger partial charge on any atom is -0.481 e. The zero-order chi connectivity index (χ0) is 16.2. The molecule has 0 aliphatic rings. The van der Waals surface area contributed by atoms with Crippen LogP contribution in [0.3, 0.4) is 0 Å². The third-order valence-electron chi connectivity index (χ3n) is 3.37. The van der Waals surface area contributed by atoms with Crippen molar-refractivity contribution in [1.29, 1.82) is 0 Å². The normalized spacial score (nSPS) is 10.6. The highest BCUT2D eigenvalue weighted by atomic mass is 35.5. The van der Waals surface area contributed by atoms with Crippen LogP contribution >= 0.6 is 11.6 Å². The lowest BCUT2D eigenvalue weighted by Crippen LogP contribution is -1.97. The molecule has 0 fully saturated rings. The molecule has 2 aromatic heterocycles. The number of pyridine rings is 1. The summed E-state index contributed by atoms with van der Waals surface area (Å²) in [5.74, 6) is 0.825. The molecule has 0 saturated carbocycles. The Morgan fingerprint density at radius 3 is 2.48 bits per heavy atom. The second kappa shape index (κ2) is 6.75. The first-order chi connectivity index (χ1) is 11.2. The molecule has 0 aliphatic carbocycles. The molecule has 0 saturated heterocycles. The van der Waals surface area contributed by atoms with Crippen LogP contribution in [0.25, 0.3) is 11.1 Å². The zero-order valence-corrected chi connectivity index (χ0v) is 13.3. The smallest absolute Gasteiger partial charge is 0.221 e. The van der Waals surface area contributed by atoms with Gasteiger partial charge in [-0.1, -0.05) is 23.7 Å². The monoisotopic (exact) mass is 323 g/mol. The highest BCUT2D eigenvalue weighted by Crippen LogP contribution is 2.30. The molecule has 4 nitrogen and oxygen atoms in total. The summed E-state index contributed by atoms with van der Waals surface area (Å²) in [6.07, 6.45) is 5.87. The standard InChI is InChI=1S/C18H14ClN3O/c1-12-20-10-14(11-21-12)6-13-7-17(18(23-2)22-9-13)15-4-3-5-16(19)8-15/h1,3-5,7-11H,6H2,2H3.